The van der Waals surface area contributed by atoms with Crippen LogP contribution in [0, 0.1) is 0 Å². The van der Waals surface area contributed by atoms with Crippen molar-refractivity contribution < 1.29 is 67.1 Å². The number of hydrogen-bond acceptors (Lipinski definition) is 14. The second-order valence-electron chi connectivity index (χ2n) is 7.22. The van der Waals surface area contributed by atoms with Crippen molar-refractivity contribution in [2.24, 2.45) is 0 Å². The number of ketones is 1. The van der Waals surface area contributed by atoms with Gasteiger partial charge in [0, 0.05) is 48.0 Å². The van der Waals surface area contributed by atoms with Gasteiger partial charge in [-0.25, -0.2) is 0 Å². The molecule has 198 valence electrons. The molecule has 0 aliphatic carbocycles. The van der Waals surface area contributed by atoms with Crippen LogP contribution in [0.5, 0.6) is 0 Å². The van der Waals surface area contributed by atoms with Crippen LogP contribution in [0.3, 0.4) is 0 Å². The molecule has 0 aromatic heterocycles. The van der Waals surface area contributed by atoms with Crippen LogP contribution in [-0.2, 0) is 62.0 Å². The lowest BCUT2D eigenvalue weighted by Gasteiger charge is -2.37. The summed E-state index contributed by atoms with van der Waals surface area (Å²) in [4.78, 5) is 82.5. The van der Waals surface area contributed by atoms with Gasteiger partial charge in [0.1, 0.15) is 19.3 Å². The molecular formula is C21H30O14. The third kappa shape index (κ3) is 13.1. The van der Waals surface area contributed by atoms with Crippen molar-refractivity contribution >= 4 is 41.6 Å². The molecule has 0 heterocycles. The van der Waals surface area contributed by atoms with Crippen LogP contribution < -0.4 is 0 Å². The number of aliphatic hydroxyl groups is 1. The summed E-state index contributed by atoms with van der Waals surface area (Å²) in [6, 6.07) is 0. The number of esters is 6. The number of rotatable bonds is 14. The summed E-state index contributed by atoms with van der Waals surface area (Å²) >= 11 is 0. The molecule has 0 aliphatic heterocycles. The van der Waals surface area contributed by atoms with Gasteiger partial charge in [-0.3, -0.25) is 33.6 Å². The number of carbonyl (C=O) groups is 7. The molecule has 0 aliphatic rings. The Balaban J connectivity index is 6.81. The van der Waals surface area contributed by atoms with E-state index in [1.54, 1.807) is 0 Å². The molecule has 14 heteroatoms. The van der Waals surface area contributed by atoms with E-state index in [-0.39, 0.29) is 0 Å². The Labute approximate surface area is 201 Å². The molecule has 0 amide bonds. The van der Waals surface area contributed by atoms with Gasteiger partial charge in [0.15, 0.2) is 30.2 Å². The van der Waals surface area contributed by atoms with Crippen LogP contribution in [0.25, 0.3) is 0 Å². The highest BCUT2D eigenvalue weighted by Gasteiger charge is 2.48. The minimum atomic E-state index is -1.84. The molecule has 0 saturated carbocycles. The van der Waals surface area contributed by atoms with E-state index in [1.165, 1.54) is 0 Å². The summed E-state index contributed by atoms with van der Waals surface area (Å²) in [6.45, 7) is 4.27. The third-order valence-electron chi connectivity index (χ3n) is 3.98. The van der Waals surface area contributed by atoms with E-state index in [0.717, 1.165) is 41.5 Å². The SMILES string of the molecule is CC(=O)OC[C@@H](OC(C)=O)[C@@H](OC(C)=O)[C@H](OC(C)=O)[C@H](OC(C)=O)[C@H](CC(=O)CO)OC(C)=O. The summed E-state index contributed by atoms with van der Waals surface area (Å²) in [5, 5.41) is 9.14. The largest absolute Gasteiger partial charge is 0.462 e. The molecule has 0 saturated heterocycles. The van der Waals surface area contributed by atoms with Gasteiger partial charge in [-0.2, -0.15) is 0 Å². The average Bonchev–Trinajstić information content (AvgIpc) is 2.70. The Morgan fingerprint density at radius 2 is 0.914 bits per heavy atom. The second-order valence-corrected chi connectivity index (χ2v) is 7.22. The first kappa shape index (κ1) is 31.4. The first-order valence-corrected chi connectivity index (χ1v) is 10.3. The Kier molecular flexibility index (Phi) is 13.8. The van der Waals surface area contributed by atoms with Gasteiger partial charge in [-0.05, 0) is 0 Å². The monoisotopic (exact) mass is 506 g/mol. The van der Waals surface area contributed by atoms with Gasteiger partial charge in [0.25, 0.3) is 0 Å². The van der Waals surface area contributed by atoms with Crippen LogP contribution in [0.15, 0.2) is 0 Å². The summed E-state index contributed by atoms with van der Waals surface area (Å²) in [5.41, 5.74) is 0. The quantitative estimate of drug-likeness (QED) is 0.226. The molecule has 0 aromatic rings. The molecule has 0 spiro atoms. The normalized spacial score (nSPS) is 14.7. The van der Waals surface area contributed by atoms with Gasteiger partial charge < -0.3 is 33.5 Å². The third-order valence-corrected chi connectivity index (χ3v) is 3.98. The van der Waals surface area contributed by atoms with Gasteiger partial charge in [-0.15, -0.1) is 0 Å². The smallest absolute Gasteiger partial charge is 0.303 e. The number of carbonyl (C=O) groups excluding carboxylic acids is 7. The van der Waals surface area contributed by atoms with E-state index in [2.05, 4.69) is 0 Å². The zero-order valence-corrected chi connectivity index (χ0v) is 20.3. The predicted octanol–water partition coefficient (Wildman–Crippen LogP) is -0.840. The van der Waals surface area contributed by atoms with Crippen molar-refractivity contribution in [1.82, 2.24) is 0 Å². The van der Waals surface area contributed by atoms with E-state index in [4.69, 9.17) is 33.5 Å². The zero-order chi connectivity index (χ0) is 27.3. The van der Waals surface area contributed by atoms with Crippen molar-refractivity contribution in [2.75, 3.05) is 13.2 Å². The summed E-state index contributed by atoms with van der Waals surface area (Å²) in [5.74, 6) is -6.41. The highest BCUT2D eigenvalue weighted by atomic mass is 16.6. The highest BCUT2D eigenvalue weighted by molar-refractivity contribution is 5.80. The minimum absolute atomic E-state index is 0.675. The van der Waals surface area contributed by atoms with Gasteiger partial charge in [-0.1, -0.05) is 0 Å². The van der Waals surface area contributed by atoms with Crippen molar-refractivity contribution in [3.63, 3.8) is 0 Å². The number of Topliss-reactive ketones (excluding diaryl/α,β-unsaturated/α-hetero) is 1. The lowest BCUT2D eigenvalue weighted by Crippen LogP contribution is -2.57. The summed E-state index contributed by atoms with van der Waals surface area (Å²) in [7, 11) is 0. The lowest BCUT2D eigenvalue weighted by molar-refractivity contribution is -0.213. The summed E-state index contributed by atoms with van der Waals surface area (Å²) < 4.78 is 30.7. The van der Waals surface area contributed by atoms with Crippen molar-refractivity contribution in [1.29, 1.82) is 0 Å². The number of hydrogen-bond donors (Lipinski definition) is 1. The topological polar surface area (TPSA) is 195 Å². The average molecular weight is 506 g/mol. The Bertz CT molecular complexity index is 804. The molecular weight excluding hydrogens is 476 g/mol. The highest BCUT2D eigenvalue weighted by Crippen LogP contribution is 2.25. The molecule has 0 fully saturated rings. The van der Waals surface area contributed by atoms with E-state index in [0.29, 0.717) is 0 Å². The molecule has 0 radical (unpaired) electrons. The number of ether oxygens (including phenoxy) is 6. The van der Waals surface area contributed by atoms with E-state index in [9.17, 15) is 33.6 Å². The maximum Gasteiger partial charge on any atom is 0.303 e. The fraction of sp³-hybridized carbons (Fsp3) is 0.667. The van der Waals surface area contributed by atoms with Gasteiger partial charge >= 0.3 is 35.8 Å². The Morgan fingerprint density at radius 3 is 1.29 bits per heavy atom. The maximum atomic E-state index is 12.0. The minimum Gasteiger partial charge on any atom is -0.462 e. The number of aliphatic hydroxyl groups excluding tert-OH is 1. The van der Waals surface area contributed by atoms with Crippen LogP contribution in [0.1, 0.15) is 48.0 Å². The van der Waals surface area contributed by atoms with Gasteiger partial charge in [0.2, 0.25) is 0 Å². The molecule has 0 bridgehead atoms. The van der Waals surface area contributed by atoms with E-state index in [1.807, 2.05) is 0 Å². The molecule has 0 unspecified atom stereocenters. The van der Waals surface area contributed by atoms with Crippen molar-refractivity contribution in [3.8, 4) is 0 Å². The first-order valence-electron chi connectivity index (χ1n) is 10.3. The van der Waals surface area contributed by atoms with Gasteiger partial charge in [0.05, 0.1) is 0 Å². The fourth-order valence-electron chi connectivity index (χ4n) is 2.94. The molecule has 35 heavy (non-hydrogen) atoms. The fourth-order valence-corrected chi connectivity index (χ4v) is 2.94. The van der Waals surface area contributed by atoms with Crippen LogP contribution in [0.2, 0.25) is 0 Å². The van der Waals surface area contributed by atoms with Crippen molar-refractivity contribution in [3.05, 3.63) is 0 Å². The molecule has 0 aromatic carbocycles. The standard InChI is InChI=1S/C21H30O14/c1-10(23)30-9-18(32-12(3)25)20(34-14(5)27)21(35-15(6)28)19(33-13(4)26)17(31-11(2)24)7-16(29)8-22/h17-22H,7-9H2,1-6H3/t17-,18+,19+,20+,21+/m0/s1. The predicted molar refractivity (Wildman–Crippen MR) is 111 cm³/mol. The zero-order valence-electron chi connectivity index (χ0n) is 20.3. The summed E-state index contributed by atoms with van der Waals surface area (Å²) in [6.07, 6.45) is -9.32. The Hall–Kier alpha value is -3.55. The lowest BCUT2D eigenvalue weighted by atomic mass is 9.95. The maximum absolute atomic E-state index is 12.0. The van der Waals surface area contributed by atoms with Crippen LogP contribution in [-0.4, -0.2) is 90.4 Å². The van der Waals surface area contributed by atoms with E-state index >= 15 is 0 Å². The molecule has 14 nitrogen and oxygen atoms in total. The first-order chi connectivity index (χ1) is 16.2. The van der Waals surface area contributed by atoms with Crippen LogP contribution in [0.4, 0.5) is 0 Å². The second kappa shape index (κ2) is 15.4. The molecule has 1 N–H and O–H groups in total. The van der Waals surface area contributed by atoms with Crippen molar-refractivity contribution in [2.45, 2.75) is 78.5 Å². The van der Waals surface area contributed by atoms with E-state index < -0.39 is 91.8 Å². The Morgan fingerprint density at radius 1 is 0.543 bits per heavy atom. The van der Waals surface area contributed by atoms with Crippen LogP contribution >= 0.6 is 0 Å². The molecule has 0 rings (SSSR count). The molecule has 5 atom stereocenters.